The molecule has 0 aromatic carbocycles. The molecule has 0 heterocycles. The van der Waals surface area contributed by atoms with Crippen LogP contribution in [0.2, 0.25) is 0 Å². The van der Waals surface area contributed by atoms with Gasteiger partial charge in [0.1, 0.15) is 12.1 Å². The Balaban J connectivity index is 2.30. The highest BCUT2D eigenvalue weighted by atomic mass is 16.6. The first-order chi connectivity index (χ1) is 10.6. The Bertz CT molecular complexity index is 571. The Kier molecular flexibility index (Phi) is 7.02. The molecule has 116 valence electrons. The highest BCUT2D eigenvalue weighted by molar-refractivity contribution is 5.80. The van der Waals surface area contributed by atoms with Crippen molar-refractivity contribution >= 4 is 12.1 Å². The highest BCUT2D eigenvalue weighted by Crippen LogP contribution is 2.17. The first kappa shape index (κ1) is 17.1. The summed E-state index contributed by atoms with van der Waals surface area (Å²) in [7, 11) is 0. The van der Waals surface area contributed by atoms with Gasteiger partial charge >= 0.3 is 12.1 Å². The number of nitrogens with one attached hydrogen (secondary N) is 1. The molecule has 1 aliphatic rings. The average Bonchev–Trinajstić information content (AvgIpc) is 2.52. The van der Waals surface area contributed by atoms with E-state index in [0.29, 0.717) is 12.1 Å². The number of nitriles is 1. The van der Waals surface area contributed by atoms with E-state index in [9.17, 15) is 9.59 Å². The van der Waals surface area contributed by atoms with E-state index < -0.39 is 18.1 Å². The minimum absolute atomic E-state index is 0.0239. The lowest BCUT2D eigenvalue weighted by molar-refractivity contribution is -0.144. The van der Waals surface area contributed by atoms with E-state index in [1.54, 1.807) is 24.3 Å². The summed E-state index contributed by atoms with van der Waals surface area (Å²) >= 11 is 0. The predicted octanol–water partition coefficient (Wildman–Crippen LogP) is 1.94. The molecule has 0 fully saturated rings. The molecule has 1 N–H and O–H groups in total. The van der Waals surface area contributed by atoms with E-state index in [1.165, 1.54) is 6.92 Å². The van der Waals surface area contributed by atoms with Crippen LogP contribution in [-0.4, -0.2) is 31.3 Å². The molecular formula is C13H15N5O4. The molecule has 1 rings (SSSR count). The lowest BCUT2D eigenvalue weighted by Gasteiger charge is -2.16. The number of carbonyl (C=O) groups excluding carboxylic acids is 2. The van der Waals surface area contributed by atoms with Crippen LogP contribution in [0.3, 0.4) is 0 Å². The van der Waals surface area contributed by atoms with Crippen molar-refractivity contribution < 1.29 is 19.1 Å². The van der Waals surface area contributed by atoms with E-state index in [-0.39, 0.29) is 19.1 Å². The number of hydrogen-bond acceptors (Lipinski definition) is 6. The van der Waals surface area contributed by atoms with Crippen LogP contribution in [0, 0.1) is 17.2 Å². The van der Waals surface area contributed by atoms with Gasteiger partial charge in [-0.3, -0.25) is 0 Å². The minimum Gasteiger partial charge on any atom is -0.449 e. The van der Waals surface area contributed by atoms with E-state index in [1.807, 2.05) is 0 Å². The zero-order chi connectivity index (χ0) is 16.4. The van der Waals surface area contributed by atoms with Gasteiger partial charge in [-0.2, -0.15) is 5.26 Å². The summed E-state index contributed by atoms with van der Waals surface area (Å²) in [5.41, 5.74) is 8.82. The normalized spacial score (nSPS) is 17.3. The monoisotopic (exact) mass is 305 g/mol. The summed E-state index contributed by atoms with van der Waals surface area (Å²) in [6, 6.07) is 0.754. The van der Waals surface area contributed by atoms with Gasteiger partial charge in [-0.05, 0) is 18.9 Å². The van der Waals surface area contributed by atoms with Crippen LogP contribution >= 0.6 is 0 Å². The Morgan fingerprint density at radius 2 is 2.41 bits per heavy atom. The van der Waals surface area contributed by atoms with E-state index in [4.69, 9.17) is 15.5 Å². The third kappa shape index (κ3) is 5.98. The van der Waals surface area contributed by atoms with E-state index >= 15 is 0 Å². The molecule has 0 aliphatic heterocycles. The second-order valence-electron chi connectivity index (χ2n) is 4.40. The standard InChI is InChI=1S/C13H15N5O4/c1-9(12(19)21-7-6-14)16-13(20)22-8-10-2-4-11(5-3-10)17-18-15/h2,4-5,9-10H,3,7-8H2,1H3,(H,16,20)/t9-,10?/m1/s1. The van der Waals surface area contributed by atoms with Gasteiger partial charge < -0.3 is 14.8 Å². The molecule has 0 aromatic heterocycles. The molecule has 1 amide bonds. The van der Waals surface area contributed by atoms with Crippen molar-refractivity contribution in [3.05, 3.63) is 34.4 Å². The molecule has 0 radical (unpaired) electrons. The molecule has 0 aromatic rings. The van der Waals surface area contributed by atoms with Gasteiger partial charge in [0.15, 0.2) is 6.61 Å². The molecule has 0 spiro atoms. The van der Waals surface area contributed by atoms with Gasteiger partial charge in [-0.25, -0.2) is 9.59 Å². The Hall–Kier alpha value is -2.98. The maximum absolute atomic E-state index is 11.5. The van der Waals surface area contributed by atoms with Crippen molar-refractivity contribution in [3.63, 3.8) is 0 Å². The number of azide groups is 1. The van der Waals surface area contributed by atoms with Crippen LogP contribution in [0.4, 0.5) is 4.79 Å². The van der Waals surface area contributed by atoms with Crippen molar-refractivity contribution in [3.8, 4) is 6.07 Å². The summed E-state index contributed by atoms with van der Waals surface area (Å²) in [5, 5.41) is 14.0. The summed E-state index contributed by atoms with van der Waals surface area (Å²) in [4.78, 5) is 25.5. The second-order valence-corrected chi connectivity index (χ2v) is 4.40. The molecule has 0 saturated carbocycles. The van der Waals surface area contributed by atoms with Crippen LogP contribution in [0.25, 0.3) is 10.4 Å². The number of esters is 1. The number of hydrogen-bond donors (Lipinski definition) is 1. The zero-order valence-corrected chi connectivity index (χ0v) is 11.9. The quantitative estimate of drug-likeness (QED) is 0.346. The smallest absolute Gasteiger partial charge is 0.407 e. The predicted molar refractivity (Wildman–Crippen MR) is 75.0 cm³/mol. The molecule has 2 atom stereocenters. The molecule has 22 heavy (non-hydrogen) atoms. The van der Waals surface area contributed by atoms with Gasteiger partial charge in [0.2, 0.25) is 0 Å². The fourth-order valence-electron chi connectivity index (χ4n) is 1.59. The molecule has 9 heteroatoms. The van der Waals surface area contributed by atoms with Crippen LogP contribution in [-0.2, 0) is 14.3 Å². The maximum Gasteiger partial charge on any atom is 0.407 e. The fraction of sp³-hybridized carbons (Fsp3) is 0.462. The van der Waals surface area contributed by atoms with Crippen molar-refractivity contribution in [1.82, 2.24) is 5.32 Å². The minimum atomic E-state index is -0.904. The first-order valence-electron chi connectivity index (χ1n) is 6.47. The zero-order valence-electron chi connectivity index (χ0n) is 11.9. The van der Waals surface area contributed by atoms with Gasteiger partial charge in [-0.1, -0.05) is 23.3 Å². The molecular weight excluding hydrogens is 290 g/mol. The first-order valence-corrected chi connectivity index (χ1v) is 6.47. The summed E-state index contributed by atoms with van der Waals surface area (Å²) in [6.45, 7) is 1.19. The molecule has 0 bridgehead atoms. The fourth-order valence-corrected chi connectivity index (χ4v) is 1.59. The number of rotatable bonds is 6. The number of carbonyl (C=O) groups is 2. The molecule has 0 saturated heterocycles. The summed E-state index contributed by atoms with van der Waals surface area (Å²) in [6.07, 6.45) is 5.00. The van der Waals surface area contributed by atoms with Crippen molar-refractivity contribution in [2.24, 2.45) is 11.0 Å². The molecule has 1 unspecified atom stereocenters. The lowest BCUT2D eigenvalue weighted by Crippen LogP contribution is -2.40. The highest BCUT2D eigenvalue weighted by Gasteiger charge is 2.18. The Morgan fingerprint density at radius 1 is 1.64 bits per heavy atom. The lowest BCUT2D eigenvalue weighted by atomic mass is 10.0. The van der Waals surface area contributed by atoms with Gasteiger partial charge in [0, 0.05) is 16.5 Å². The van der Waals surface area contributed by atoms with E-state index in [2.05, 4.69) is 20.1 Å². The number of amides is 1. The van der Waals surface area contributed by atoms with Crippen molar-refractivity contribution in [2.75, 3.05) is 13.2 Å². The average molecular weight is 305 g/mol. The van der Waals surface area contributed by atoms with Crippen LogP contribution < -0.4 is 5.32 Å². The molecule has 9 nitrogen and oxygen atoms in total. The molecule has 1 aliphatic carbocycles. The van der Waals surface area contributed by atoms with Gasteiger partial charge in [-0.15, -0.1) is 0 Å². The number of alkyl carbamates (subject to hydrolysis) is 1. The number of nitrogens with zero attached hydrogens (tertiary/aromatic N) is 4. The Labute approximate surface area is 126 Å². The maximum atomic E-state index is 11.5. The summed E-state index contributed by atoms with van der Waals surface area (Å²) in [5.74, 6) is -0.734. The second kappa shape index (κ2) is 9.05. The van der Waals surface area contributed by atoms with Crippen molar-refractivity contribution in [1.29, 1.82) is 5.26 Å². The van der Waals surface area contributed by atoms with Crippen LogP contribution in [0.15, 0.2) is 29.0 Å². The van der Waals surface area contributed by atoms with E-state index in [0.717, 1.165) is 0 Å². The Morgan fingerprint density at radius 3 is 3.00 bits per heavy atom. The van der Waals surface area contributed by atoms with Crippen LogP contribution in [0.5, 0.6) is 0 Å². The van der Waals surface area contributed by atoms with Crippen molar-refractivity contribution in [2.45, 2.75) is 19.4 Å². The topological polar surface area (TPSA) is 137 Å². The third-order valence-electron chi connectivity index (χ3n) is 2.72. The number of ether oxygens (including phenoxy) is 2. The number of allylic oxidation sites excluding steroid dienone is 2. The van der Waals surface area contributed by atoms with Crippen LogP contribution in [0.1, 0.15) is 13.3 Å². The third-order valence-corrected chi connectivity index (χ3v) is 2.72. The summed E-state index contributed by atoms with van der Waals surface area (Å²) < 4.78 is 9.55. The van der Waals surface area contributed by atoms with Gasteiger partial charge in [0.05, 0.1) is 6.61 Å². The van der Waals surface area contributed by atoms with Gasteiger partial charge in [0.25, 0.3) is 0 Å². The largest absolute Gasteiger partial charge is 0.449 e. The SMILES string of the molecule is C[C@@H](NC(=O)OCC1C=CC(N=[N+]=[N-])=CC1)C(=O)OCC#N.